The van der Waals surface area contributed by atoms with Crippen LogP contribution < -0.4 is 10.6 Å². The number of amides is 3. The number of carbonyl (C=O) groups excluding carboxylic acids is 3. The van der Waals surface area contributed by atoms with Crippen LogP contribution in [0, 0.1) is 23.4 Å². The minimum atomic E-state index is -0.875. The Morgan fingerprint density at radius 1 is 1.00 bits per heavy atom. The second kappa shape index (κ2) is 7.51. The first-order valence-electron chi connectivity index (χ1n) is 10.2. The van der Waals surface area contributed by atoms with Gasteiger partial charge in [0.25, 0.3) is 0 Å². The fraction of sp³-hybridized carbons (Fsp3) is 0.261. The molecule has 3 amide bonds. The van der Waals surface area contributed by atoms with Crippen molar-refractivity contribution in [2.45, 2.75) is 31.2 Å². The van der Waals surface area contributed by atoms with Gasteiger partial charge in [-0.2, -0.15) is 0 Å². The van der Waals surface area contributed by atoms with Gasteiger partial charge < -0.3 is 10.3 Å². The minimum Gasteiger partial charge on any atom is -0.352 e. The molecule has 0 unspecified atom stereocenters. The molecule has 1 saturated heterocycles. The summed E-state index contributed by atoms with van der Waals surface area (Å²) in [5, 5.41) is 5.12. The average Bonchev–Trinajstić information content (AvgIpc) is 3.21. The lowest BCUT2D eigenvalue weighted by atomic mass is 9.69. The van der Waals surface area contributed by atoms with Crippen molar-refractivity contribution >= 4 is 28.6 Å². The lowest BCUT2D eigenvalue weighted by Crippen LogP contribution is -2.45. The van der Waals surface area contributed by atoms with Crippen LogP contribution in [0.5, 0.6) is 0 Å². The Kier molecular flexibility index (Phi) is 4.76. The van der Waals surface area contributed by atoms with Gasteiger partial charge in [-0.1, -0.05) is 0 Å². The third kappa shape index (κ3) is 3.43. The smallest absolute Gasteiger partial charge is 0.249 e. The summed E-state index contributed by atoms with van der Waals surface area (Å²) in [7, 11) is 0. The van der Waals surface area contributed by atoms with Gasteiger partial charge in [0.2, 0.25) is 17.7 Å². The molecule has 3 aromatic rings. The number of hydrogen-bond donors (Lipinski definition) is 3. The van der Waals surface area contributed by atoms with Crippen LogP contribution in [0.15, 0.2) is 36.4 Å². The molecule has 164 valence electrons. The maximum absolute atomic E-state index is 14.4. The minimum absolute atomic E-state index is 0.0869. The standard InChI is InChI=1S/C23H18F3N3O3/c24-13-3-1-10(2-4-13)20-19(15-7-14(25)8-16(26)21(15)29-20)11-5-12(6-11)22(31)27-17-9-18(30)28-23(17)32/h1-4,7-8,11-12,17,29H,5-6,9H2,(H,27,31)(H,28,30,32)/t11?,12?,17-/m0/s1. The van der Waals surface area contributed by atoms with Crippen LogP contribution in [0.4, 0.5) is 13.2 Å². The van der Waals surface area contributed by atoms with Gasteiger partial charge >= 0.3 is 0 Å². The van der Waals surface area contributed by atoms with Crippen molar-refractivity contribution in [2.24, 2.45) is 5.92 Å². The Balaban J connectivity index is 1.43. The molecule has 1 aliphatic carbocycles. The van der Waals surface area contributed by atoms with Gasteiger partial charge in [0.05, 0.1) is 17.6 Å². The van der Waals surface area contributed by atoms with E-state index in [0.717, 1.165) is 6.07 Å². The average molecular weight is 441 g/mol. The molecule has 0 bridgehead atoms. The second-order valence-electron chi connectivity index (χ2n) is 8.27. The van der Waals surface area contributed by atoms with Crippen LogP contribution in [0.2, 0.25) is 0 Å². The van der Waals surface area contributed by atoms with Gasteiger partial charge in [0.1, 0.15) is 23.5 Å². The molecule has 9 heteroatoms. The number of imide groups is 1. The fourth-order valence-corrected chi connectivity index (χ4v) is 4.54. The zero-order valence-electron chi connectivity index (χ0n) is 16.7. The monoisotopic (exact) mass is 441 g/mol. The number of carbonyl (C=O) groups is 3. The lowest BCUT2D eigenvalue weighted by Gasteiger charge is -2.35. The van der Waals surface area contributed by atoms with E-state index in [4.69, 9.17) is 0 Å². The Bertz CT molecular complexity index is 1260. The number of H-pyrrole nitrogens is 1. The summed E-state index contributed by atoms with van der Waals surface area (Å²) in [6.45, 7) is 0. The third-order valence-electron chi connectivity index (χ3n) is 6.20. The number of rotatable bonds is 4. The predicted molar refractivity (Wildman–Crippen MR) is 109 cm³/mol. The van der Waals surface area contributed by atoms with Crippen LogP contribution >= 0.6 is 0 Å². The molecule has 3 N–H and O–H groups in total. The van der Waals surface area contributed by atoms with E-state index in [-0.39, 0.29) is 23.8 Å². The molecule has 0 spiro atoms. The van der Waals surface area contributed by atoms with Crippen LogP contribution in [-0.4, -0.2) is 28.7 Å². The Labute approximate surface area is 180 Å². The first-order chi connectivity index (χ1) is 15.3. The number of hydrogen-bond acceptors (Lipinski definition) is 3. The highest BCUT2D eigenvalue weighted by Gasteiger charge is 2.41. The molecule has 2 fully saturated rings. The molecule has 2 aliphatic rings. The summed E-state index contributed by atoms with van der Waals surface area (Å²) in [5.41, 5.74) is 1.98. The molecule has 0 radical (unpaired) electrons. The van der Waals surface area contributed by atoms with Gasteiger partial charge in [-0.05, 0) is 60.2 Å². The molecule has 32 heavy (non-hydrogen) atoms. The quantitative estimate of drug-likeness (QED) is 0.543. The maximum atomic E-state index is 14.4. The van der Waals surface area contributed by atoms with Crippen LogP contribution in [0.1, 0.15) is 30.7 Å². The summed E-state index contributed by atoms with van der Waals surface area (Å²) >= 11 is 0. The van der Waals surface area contributed by atoms with E-state index in [1.807, 2.05) is 0 Å². The first-order valence-corrected chi connectivity index (χ1v) is 10.2. The molecule has 6 nitrogen and oxygen atoms in total. The van der Waals surface area contributed by atoms with Crippen LogP contribution in [0.3, 0.4) is 0 Å². The summed E-state index contributed by atoms with van der Waals surface area (Å²) < 4.78 is 41.8. The molecule has 5 rings (SSSR count). The maximum Gasteiger partial charge on any atom is 0.249 e. The highest BCUT2D eigenvalue weighted by atomic mass is 19.1. The summed E-state index contributed by atoms with van der Waals surface area (Å²) in [5.74, 6) is -3.73. The topological polar surface area (TPSA) is 91.1 Å². The molecular formula is C23H18F3N3O3. The number of fused-ring (bicyclic) bond motifs is 1. The molecule has 1 saturated carbocycles. The summed E-state index contributed by atoms with van der Waals surface area (Å²) in [4.78, 5) is 38.5. The van der Waals surface area contributed by atoms with Crippen LogP contribution in [0.25, 0.3) is 22.2 Å². The molecule has 1 aromatic heterocycles. The van der Waals surface area contributed by atoms with Crippen molar-refractivity contribution in [2.75, 3.05) is 0 Å². The molecule has 2 aromatic carbocycles. The molecule has 2 heterocycles. The number of aromatic amines is 1. The largest absolute Gasteiger partial charge is 0.352 e. The van der Waals surface area contributed by atoms with E-state index in [9.17, 15) is 27.6 Å². The normalized spacial score (nSPS) is 22.7. The van der Waals surface area contributed by atoms with Crippen molar-refractivity contribution < 1.29 is 27.6 Å². The molecule has 1 atom stereocenters. The zero-order valence-corrected chi connectivity index (χ0v) is 16.7. The number of benzene rings is 2. The van der Waals surface area contributed by atoms with E-state index in [1.54, 1.807) is 12.1 Å². The summed E-state index contributed by atoms with van der Waals surface area (Å²) in [6, 6.07) is 6.84. The van der Waals surface area contributed by atoms with E-state index in [1.165, 1.54) is 18.2 Å². The number of halogens is 3. The second-order valence-corrected chi connectivity index (χ2v) is 8.27. The van der Waals surface area contributed by atoms with E-state index >= 15 is 0 Å². The third-order valence-corrected chi connectivity index (χ3v) is 6.20. The van der Waals surface area contributed by atoms with E-state index in [2.05, 4.69) is 15.6 Å². The SMILES string of the molecule is O=C1C[C@H](NC(=O)C2CC(c3c(-c4ccc(F)cc4)[nH]c4c(F)cc(F)cc34)C2)C(=O)N1. The van der Waals surface area contributed by atoms with E-state index in [0.29, 0.717) is 35.0 Å². The predicted octanol–water partition coefficient (Wildman–Crippen LogP) is 3.28. The highest BCUT2D eigenvalue weighted by Crippen LogP contribution is 2.48. The Hall–Kier alpha value is -3.62. The zero-order chi connectivity index (χ0) is 22.6. The van der Waals surface area contributed by atoms with Crippen LogP contribution in [-0.2, 0) is 14.4 Å². The first kappa shape index (κ1) is 20.3. The van der Waals surface area contributed by atoms with Gasteiger partial charge in [-0.15, -0.1) is 0 Å². The highest BCUT2D eigenvalue weighted by molar-refractivity contribution is 6.07. The van der Waals surface area contributed by atoms with Gasteiger partial charge in [-0.3, -0.25) is 19.7 Å². The summed E-state index contributed by atoms with van der Waals surface area (Å²) in [6.07, 6.45) is 0.733. The Morgan fingerprint density at radius 2 is 1.72 bits per heavy atom. The van der Waals surface area contributed by atoms with E-state index < -0.39 is 41.2 Å². The number of nitrogens with one attached hydrogen (secondary N) is 3. The lowest BCUT2D eigenvalue weighted by molar-refractivity contribution is -0.132. The number of aromatic nitrogens is 1. The van der Waals surface area contributed by atoms with Gasteiger partial charge in [0.15, 0.2) is 0 Å². The van der Waals surface area contributed by atoms with Crippen molar-refractivity contribution in [1.29, 1.82) is 0 Å². The fourth-order valence-electron chi connectivity index (χ4n) is 4.54. The van der Waals surface area contributed by atoms with Crippen molar-refractivity contribution in [3.63, 3.8) is 0 Å². The molecule has 1 aliphatic heterocycles. The Morgan fingerprint density at radius 3 is 2.38 bits per heavy atom. The van der Waals surface area contributed by atoms with Crippen molar-refractivity contribution in [3.8, 4) is 11.3 Å². The van der Waals surface area contributed by atoms with Gasteiger partial charge in [0, 0.05) is 17.4 Å². The van der Waals surface area contributed by atoms with Gasteiger partial charge in [-0.25, -0.2) is 13.2 Å². The van der Waals surface area contributed by atoms with Crippen molar-refractivity contribution in [1.82, 2.24) is 15.6 Å². The van der Waals surface area contributed by atoms with Crippen molar-refractivity contribution in [3.05, 3.63) is 59.4 Å². The molecular weight excluding hydrogens is 423 g/mol.